The molecule has 150 valence electrons. The molecule has 28 heavy (non-hydrogen) atoms. The highest BCUT2D eigenvalue weighted by Crippen LogP contribution is 2.14. The molecule has 2 atom stereocenters. The predicted molar refractivity (Wildman–Crippen MR) is 115 cm³/mol. The van der Waals surface area contributed by atoms with E-state index in [2.05, 4.69) is 4.72 Å². The fourth-order valence-electron chi connectivity index (χ4n) is 2.38. The first-order valence-corrected chi connectivity index (χ1v) is 10.6. The summed E-state index contributed by atoms with van der Waals surface area (Å²) in [6.07, 6.45) is 3.75. The van der Waals surface area contributed by atoms with E-state index >= 15 is 0 Å². The average molecular weight is 420 g/mol. The molecule has 4 nitrogen and oxygen atoms in total. The van der Waals surface area contributed by atoms with Gasteiger partial charge in [0.25, 0.3) is 0 Å². The molecule has 0 heterocycles. The van der Waals surface area contributed by atoms with Gasteiger partial charge in [-0.05, 0) is 57.5 Å². The molecule has 0 aliphatic carbocycles. The van der Waals surface area contributed by atoms with Gasteiger partial charge in [0.1, 0.15) is 16.6 Å². The number of carbonyl (C=O) groups is 1. The summed E-state index contributed by atoms with van der Waals surface area (Å²) in [5, 5.41) is 0.654. The zero-order chi connectivity index (χ0) is 20.7. The summed E-state index contributed by atoms with van der Waals surface area (Å²) in [5.41, 5.74) is 1.45. The van der Waals surface area contributed by atoms with Crippen LogP contribution in [0.5, 0.6) is 0 Å². The third kappa shape index (κ3) is 7.97. The fraction of sp³-hybridized carbons (Fsp3) is 0.318. The van der Waals surface area contributed by atoms with Crippen molar-refractivity contribution in [3.63, 3.8) is 0 Å². The molecule has 0 saturated heterocycles. The average Bonchev–Trinajstić information content (AvgIpc) is 2.60. The van der Waals surface area contributed by atoms with Crippen LogP contribution in [-0.2, 0) is 20.5 Å². The van der Waals surface area contributed by atoms with E-state index in [1.807, 2.05) is 76.2 Å². The number of esters is 1. The van der Waals surface area contributed by atoms with Crippen molar-refractivity contribution in [3.8, 4) is 0 Å². The van der Waals surface area contributed by atoms with Gasteiger partial charge in [-0.1, -0.05) is 53.6 Å². The van der Waals surface area contributed by atoms with E-state index in [1.165, 1.54) is 0 Å². The molecule has 0 bridgehead atoms. The maximum absolute atomic E-state index is 12.7. The summed E-state index contributed by atoms with van der Waals surface area (Å²) in [5.74, 6) is -0.355. The summed E-state index contributed by atoms with van der Waals surface area (Å²) < 4.78 is 21.1. The lowest BCUT2D eigenvalue weighted by Gasteiger charge is -2.21. The van der Waals surface area contributed by atoms with Gasteiger partial charge < -0.3 is 4.74 Å². The quantitative estimate of drug-likeness (QED) is 0.637. The number of halogens is 1. The largest absolute Gasteiger partial charge is 0.460 e. The van der Waals surface area contributed by atoms with E-state index in [9.17, 15) is 9.00 Å². The van der Waals surface area contributed by atoms with Gasteiger partial charge >= 0.3 is 5.97 Å². The predicted octanol–water partition coefficient (Wildman–Crippen LogP) is 5.07. The van der Waals surface area contributed by atoms with Crippen molar-refractivity contribution in [1.82, 2.24) is 4.72 Å². The van der Waals surface area contributed by atoms with E-state index in [4.69, 9.17) is 16.3 Å². The van der Waals surface area contributed by atoms with Crippen molar-refractivity contribution in [2.24, 2.45) is 0 Å². The Kier molecular flexibility index (Phi) is 7.98. The van der Waals surface area contributed by atoms with Gasteiger partial charge in [0.05, 0.1) is 11.3 Å². The first-order valence-electron chi connectivity index (χ1n) is 9.02. The van der Waals surface area contributed by atoms with Crippen LogP contribution in [0, 0.1) is 6.92 Å². The minimum atomic E-state index is -1.45. The smallest absolute Gasteiger partial charge is 0.308 e. The van der Waals surface area contributed by atoms with Gasteiger partial charge in [0.2, 0.25) is 0 Å². The van der Waals surface area contributed by atoms with Crippen LogP contribution in [0.2, 0.25) is 5.02 Å². The van der Waals surface area contributed by atoms with E-state index < -0.39 is 22.6 Å². The van der Waals surface area contributed by atoms with Crippen molar-refractivity contribution in [2.75, 3.05) is 0 Å². The van der Waals surface area contributed by atoms with Crippen LogP contribution in [0.3, 0.4) is 0 Å². The molecular formula is C22H26ClNO3S. The van der Waals surface area contributed by atoms with Crippen LogP contribution in [0.15, 0.2) is 59.5 Å². The molecule has 1 unspecified atom stereocenters. The molecule has 0 spiro atoms. The standard InChI is InChI=1S/C22H26ClNO3S/c1-16-5-13-20(14-6-16)28(26)24-19(15-21(25)27-22(2,3)4)12-9-17-7-10-18(23)11-8-17/h5-14,19,24H,15H2,1-4H3/b12-9+/t19-,28?/m0/s1. The van der Waals surface area contributed by atoms with E-state index in [1.54, 1.807) is 12.1 Å². The Labute approximate surface area is 174 Å². The van der Waals surface area contributed by atoms with Crippen LogP contribution in [-0.4, -0.2) is 21.8 Å². The Morgan fingerprint density at radius 3 is 2.32 bits per heavy atom. The molecule has 6 heteroatoms. The monoisotopic (exact) mass is 419 g/mol. The molecule has 0 fully saturated rings. The van der Waals surface area contributed by atoms with Crippen LogP contribution in [0.4, 0.5) is 0 Å². The highest BCUT2D eigenvalue weighted by Gasteiger charge is 2.20. The maximum Gasteiger partial charge on any atom is 0.308 e. The van der Waals surface area contributed by atoms with Crippen molar-refractivity contribution in [2.45, 2.75) is 50.7 Å². The molecule has 0 aliphatic rings. The summed E-state index contributed by atoms with van der Waals surface area (Å²) in [6, 6.07) is 14.3. The number of rotatable bonds is 7. The number of hydrogen-bond donors (Lipinski definition) is 1. The highest BCUT2D eigenvalue weighted by molar-refractivity contribution is 7.83. The number of ether oxygens (including phenoxy) is 1. The number of nitrogens with one attached hydrogen (secondary N) is 1. The van der Waals surface area contributed by atoms with Gasteiger partial charge in [-0.3, -0.25) is 4.79 Å². The van der Waals surface area contributed by atoms with E-state index in [0.717, 1.165) is 11.1 Å². The summed E-state index contributed by atoms with van der Waals surface area (Å²) in [7, 11) is -1.45. The molecule has 0 aromatic heterocycles. The third-order valence-corrected chi connectivity index (χ3v) is 5.16. The summed E-state index contributed by atoms with van der Waals surface area (Å²) >= 11 is 5.91. The topological polar surface area (TPSA) is 55.4 Å². The van der Waals surface area contributed by atoms with E-state index in [-0.39, 0.29) is 12.4 Å². The molecule has 0 amide bonds. The van der Waals surface area contributed by atoms with Crippen molar-refractivity contribution < 1.29 is 13.7 Å². The fourth-order valence-corrected chi connectivity index (χ4v) is 3.46. The first-order chi connectivity index (χ1) is 13.1. The van der Waals surface area contributed by atoms with E-state index in [0.29, 0.717) is 9.92 Å². The zero-order valence-electron chi connectivity index (χ0n) is 16.6. The first kappa shape index (κ1) is 22.3. The lowest BCUT2D eigenvalue weighted by molar-refractivity contribution is -0.155. The second-order valence-corrected chi connectivity index (χ2v) is 9.19. The number of benzene rings is 2. The zero-order valence-corrected chi connectivity index (χ0v) is 18.1. The van der Waals surface area contributed by atoms with Crippen molar-refractivity contribution in [3.05, 3.63) is 70.8 Å². The Bertz CT molecular complexity index is 840. The molecule has 1 N–H and O–H groups in total. The summed E-state index contributed by atoms with van der Waals surface area (Å²) in [6.45, 7) is 7.43. The van der Waals surface area contributed by atoms with Crippen LogP contribution in [0.1, 0.15) is 38.3 Å². The minimum absolute atomic E-state index is 0.0684. The van der Waals surface area contributed by atoms with Gasteiger partial charge in [0, 0.05) is 11.1 Å². The maximum atomic E-state index is 12.7. The number of hydrogen-bond acceptors (Lipinski definition) is 3. The van der Waals surface area contributed by atoms with Crippen LogP contribution in [0.25, 0.3) is 6.08 Å². The van der Waals surface area contributed by atoms with Gasteiger partial charge in [0.15, 0.2) is 0 Å². The Balaban J connectivity index is 2.14. The molecule has 2 rings (SSSR count). The molecule has 0 radical (unpaired) electrons. The SMILES string of the molecule is Cc1ccc(S(=O)N[C@@H](/C=C/c2ccc(Cl)cc2)CC(=O)OC(C)(C)C)cc1. The van der Waals surface area contributed by atoms with Crippen LogP contribution >= 0.6 is 11.6 Å². The van der Waals surface area contributed by atoms with Gasteiger partial charge in [-0.25, -0.2) is 8.93 Å². The van der Waals surface area contributed by atoms with Crippen molar-refractivity contribution >= 4 is 34.6 Å². The number of aryl methyl sites for hydroxylation is 1. The highest BCUT2D eigenvalue weighted by atomic mass is 35.5. The number of carbonyl (C=O) groups excluding carboxylic acids is 1. The second-order valence-electron chi connectivity index (χ2n) is 7.51. The molecule has 0 saturated carbocycles. The Hall–Kier alpha value is -1.95. The van der Waals surface area contributed by atoms with Crippen LogP contribution < -0.4 is 4.72 Å². The Morgan fingerprint density at radius 2 is 1.75 bits per heavy atom. The molecule has 0 aliphatic heterocycles. The third-order valence-electron chi connectivity index (χ3n) is 3.69. The van der Waals surface area contributed by atoms with Crippen molar-refractivity contribution in [1.29, 1.82) is 0 Å². The Morgan fingerprint density at radius 1 is 1.14 bits per heavy atom. The summed E-state index contributed by atoms with van der Waals surface area (Å²) in [4.78, 5) is 12.9. The second kappa shape index (κ2) is 10.0. The molecule has 2 aromatic rings. The molecular weight excluding hydrogens is 394 g/mol. The minimum Gasteiger partial charge on any atom is -0.460 e. The lowest BCUT2D eigenvalue weighted by Crippen LogP contribution is -2.34. The molecule has 2 aromatic carbocycles. The van der Waals surface area contributed by atoms with Gasteiger partial charge in [-0.15, -0.1) is 0 Å². The van der Waals surface area contributed by atoms with Gasteiger partial charge in [-0.2, -0.15) is 0 Å². The normalized spacial score (nSPS) is 14.0. The lowest BCUT2D eigenvalue weighted by atomic mass is 10.1.